The van der Waals surface area contributed by atoms with Crippen LogP contribution in [0.2, 0.25) is 0 Å². The predicted molar refractivity (Wildman–Crippen MR) is 71.8 cm³/mol. The van der Waals surface area contributed by atoms with E-state index in [1.807, 2.05) is 12.1 Å². The molecule has 1 aromatic heterocycles. The summed E-state index contributed by atoms with van der Waals surface area (Å²) in [5.74, 6) is 0.271. The van der Waals surface area contributed by atoms with Gasteiger partial charge in [0, 0.05) is 29.2 Å². The Morgan fingerprint density at radius 3 is 2.82 bits per heavy atom. The van der Waals surface area contributed by atoms with Crippen LogP contribution in [0.25, 0.3) is 0 Å². The van der Waals surface area contributed by atoms with E-state index in [1.54, 1.807) is 6.20 Å². The number of pyridine rings is 1. The van der Waals surface area contributed by atoms with Crippen LogP contribution in [0, 0.1) is 0 Å². The van der Waals surface area contributed by atoms with Gasteiger partial charge < -0.3 is 0 Å². The van der Waals surface area contributed by atoms with Gasteiger partial charge in [-0.1, -0.05) is 11.6 Å². The van der Waals surface area contributed by atoms with Gasteiger partial charge in [0.05, 0.1) is 0 Å². The van der Waals surface area contributed by atoms with E-state index < -0.39 is 0 Å². The van der Waals surface area contributed by atoms with Crippen molar-refractivity contribution in [3.05, 3.63) is 40.1 Å². The summed E-state index contributed by atoms with van der Waals surface area (Å²) in [7, 11) is 0. The number of allylic oxidation sites excluding steroid dienone is 2. The Bertz CT molecular complexity index is 422. The summed E-state index contributed by atoms with van der Waals surface area (Å²) in [5.41, 5.74) is 2.17. The number of halogens is 1. The lowest BCUT2D eigenvalue weighted by Gasteiger charge is -2.11. The van der Waals surface area contributed by atoms with Crippen LogP contribution in [-0.2, 0) is 11.2 Å². The van der Waals surface area contributed by atoms with Crippen LogP contribution in [0.15, 0.2) is 34.5 Å². The minimum atomic E-state index is 0.271. The molecule has 17 heavy (non-hydrogen) atoms. The largest absolute Gasteiger partial charge is 0.299 e. The molecular formula is C14H16BrNO. The van der Waals surface area contributed by atoms with Gasteiger partial charge in [-0.3, -0.25) is 9.78 Å². The Labute approximate surface area is 110 Å². The van der Waals surface area contributed by atoms with Crippen LogP contribution >= 0.6 is 15.9 Å². The van der Waals surface area contributed by atoms with Crippen molar-refractivity contribution >= 4 is 21.7 Å². The lowest BCUT2D eigenvalue weighted by atomic mass is 9.94. The second-order valence-electron chi connectivity index (χ2n) is 4.47. The quantitative estimate of drug-likeness (QED) is 0.790. The summed E-state index contributed by atoms with van der Waals surface area (Å²) < 4.78 is 0.948. The molecule has 0 radical (unpaired) electrons. The zero-order valence-electron chi connectivity index (χ0n) is 9.79. The highest BCUT2D eigenvalue weighted by Gasteiger charge is 2.10. The highest BCUT2D eigenvalue weighted by Crippen LogP contribution is 2.20. The molecule has 2 nitrogen and oxygen atoms in total. The van der Waals surface area contributed by atoms with E-state index in [2.05, 4.69) is 27.0 Å². The molecule has 1 heterocycles. The van der Waals surface area contributed by atoms with Crippen molar-refractivity contribution in [1.29, 1.82) is 0 Å². The van der Waals surface area contributed by atoms with E-state index in [0.717, 1.165) is 23.0 Å². The average molecular weight is 294 g/mol. The van der Waals surface area contributed by atoms with Crippen LogP contribution in [0.5, 0.6) is 0 Å². The smallest absolute Gasteiger partial charge is 0.142 e. The van der Waals surface area contributed by atoms with Crippen molar-refractivity contribution in [2.24, 2.45) is 0 Å². The van der Waals surface area contributed by atoms with Gasteiger partial charge in [0.2, 0.25) is 0 Å². The van der Waals surface area contributed by atoms with E-state index in [-0.39, 0.29) is 5.78 Å². The Morgan fingerprint density at radius 2 is 2.18 bits per heavy atom. The van der Waals surface area contributed by atoms with Crippen LogP contribution in [0.4, 0.5) is 0 Å². The van der Waals surface area contributed by atoms with Gasteiger partial charge in [0.25, 0.3) is 0 Å². The minimum absolute atomic E-state index is 0.271. The topological polar surface area (TPSA) is 30.0 Å². The number of aromatic nitrogens is 1. The van der Waals surface area contributed by atoms with Crippen LogP contribution < -0.4 is 0 Å². The molecule has 1 aromatic rings. The molecule has 1 aliphatic rings. The molecule has 0 saturated heterocycles. The summed E-state index contributed by atoms with van der Waals surface area (Å²) in [4.78, 5) is 16.1. The third kappa shape index (κ3) is 4.08. The SMILES string of the molecule is O=C(CC1=CCCCC1)Cc1ccc(Br)cn1. The number of rotatable bonds is 4. The second-order valence-corrected chi connectivity index (χ2v) is 5.38. The summed E-state index contributed by atoms with van der Waals surface area (Å²) in [5, 5.41) is 0. The first-order valence-corrected chi connectivity index (χ1v) is 6.83. The van der Waals surface area contributed by atoms with Crippen molar-refractivity contribution in [2.75, 3.05) is 0 Å². The molecule has 0 amide bonds. The fourth-order valence-corrected chi connectivity index (χ4v) is 2.33. The molecule has 0 aliphatic heterocycles. The molecule has 0 bridgehead atoms. The van der Waals surface area contributed by atoms with Crippen molar-refractivity contribution in [1.82, 2.24) is 4.98 Å². The van der Waals surface area contributed by atoms with Gasteiger partial charge in [0.1, 0.15) is 5.78 Å². The number of hydrogen-bond donors (Lipinski definition) is 0. The van der Waals surface area contributed by atoms with E-state index >= 15 is 0 Å². The van der Waals surface area contributed by atoms with Gasteiger partial charge in [0.15, 0.2) is 0 Å². The number of nitrogens with zero attached hydrogens (tertiary/aromatic N) is 1. The third-order valence-corrected chi connectivity index (χ3v) is 3.45. The molecule has 0 fully saturated rings. The standard InChI is InChI=1S/C14H16BrNO/c15-12-6-7-13(16-10-12)9-14(17)8-11-4-2-1-3-5-11/h4,6-7,10H,1-3,5,8-9H2. The van der Waals surface area contributed by atoms with Gasteiger partial charge in [-0.15, -0.1) is 0 Å². The Kier molecular flexibility index (Phi) is 4.49. The van der Waals surface area contributed by atoms with E-state index in [1.165, 1.54) is 18.4 Å². The summed E-state index contributed by atoms with van der Waals surface area (Å²) in [6, 6.07) is 3.83. The average Bonchev–Trinajstić information content (AvgIpc) is 2.33. The first kappa shape index (κ1) is 12.5. The molecule has 0 unspecified atom stereocenters. The zero-order valence-corrected chi connectivity index (χ0v) is 11.4. The van der Waals surface area contributed by atoms with Crippen molar-refractivity contribution in [3.8, 4) is 0 Å². The first-order chi connectivity index (χ1) is 8.24. The van der Waals surface area contributed by atoms with Gasteiger partial charge in [-0.05, 0) is 53.7 Å². The molecule has 2 rings (SSSR count). The predicted octanol–water partition coefficient (Wildman–Crippen LogP) is 3.85. The van der Waals surface area contributed by atoms with Crippen molar-refractivity contribution in [3.63, 3.8) is 0 Å². The van der Waals surface area contributed by atoms with E-state index in [9.17, 15) is 4.79 Å². The number of Topliss-reactive ketones (excluding diaryl/α,β-unsaturated/α-hetero) is 1. The zero-order chi connectivity index (χ0) is 12.1. The summed E-state index contributed by atoms with van der Waals surface area (Å²) >= 11 is 3.33. The van der Waals surface area contributed by atoms with Gasteiger partial charge >= 0.3 is 0 Å². The lowest BCUT2D eigenvalue weighted by Crippen LogP contribution is -2.06. The Balaban J connectivity index is 1.88. The molecule has 0 saturated carbocycles. The van der Waals surface area contributed by atoms with Crippen LogP contribution in [0.1, 0.15) is 37.8 Å². The molecule has 0 spiro atoms. The second kappa shape index (κ2) is 6.10. The minimum Gasteiger partial charge on any atom is -0.299 e. The van der Waals surface area contributed by atoms with Crippen LogP contribution in [0.3, 0.4) is 0 Å². The van der Waals surface area contributed by atoms with Crippen LogP contribution in [-0.4, -0.2) is 10.8 Å². The van der Waals surface area contributed by atoms with E-state index in [0.29, 0.717) is 12.8 Å². The first-order valence-electron chi connectivity index (χ1n) is 6.04. The molecule has 90 valence electrons. The summed E-state index contributed by atoms with van der Waals surface area (Å²) in [6.45, 7) is 0. The highest BCUT2D eigenvalue weighted by molar-refractivity contribution is 9.10. The number of carbonyl (C=O) groups excluding carboxylic acids is 1. The molecule has 1 aliphatic carbocycles. The van der Waals surface area contributed by atoms with Gasteiger partial charge in [-0.2, -0.15) is 0 Å². The lowest BCUT2D eigenvalue weighted by molar-refractivity contribution is -0.117. The molecule has 0 aromatic carbocycles. The Hall–Kier alpha value is -0.960. The Morgan fingerprint density at radius 1 is 1.29 bits per heavy atom. The maximum Gasteiger partial charge on any atom is 0.142 e. The maximum absolute atomic E-state index is 11.9. The molecular weight excluding hydrogens is 278 g/mol. The van der Waals surface area contributed by atoms with Crippen molar-refractivity contribution in [2.45, 2.75) is 38.5 Å². The fourth-order valence-electron chi connectivity index (χ4n) is 2.09. The third-order valence-electron chi connectivity index (χ3n) is 2.98. The molecule has 0 N–H and O–H groups in total. The number of hydrogen-bond acceptors (Lipinski definition) is 2. The number of carbonyl (C=O) groups is 1. The normalized spacial score (nSPS) is 15.5. The fraction of sp³-hybridized carbons (Fsp3) is 0.429. The van der Waals surface area contributed by atoms with Gasteiger partial charge in [-0.25, -0.2) is 0 Å². The van der Waals surface area contributed by atoms with E-state index in [4.69, 9.17) is 0 Å². The maximum atomic E-state index is 11.9. The monoisotopic (exact) mass is 293 g/mol. The highest BCUT2D eigenvalue weighted by atomic mass is 79.9. The summed E-state index contributed by atoms with van der Waals surface area (Å²) in [6.07, 6.45) is 9.77. The molecule has 0 atom stereocenters. The molecule has 3 heteroatoms. The van der Waals surface area contributed by atoms with Crippen molar-refractivity contribution < 1.29 is 4.79 Å². The number of ketones is 1.